The molecule has 0 aliphatic carbocycles. The highest BCUT2D eigenvalue weighted by molar-refractivity contribution is 5.97. The quantitative estimate of drug-likeness (QED) is 0.910. The smallest absolute Gasteiger partial charge is 0.246 e. The van der Waals surface area contributed by atoms with E-state index in [1.54, 1.807) is 13.8 Å². The van der Waals surface area contributed by atoms with E-state index in [1.165, 1.54) is 0 Å². The van der Waals surface area contributed by atoms with Crippen molar-refractivity contribution in [3.63, 3.8) is 0 Å². The molecule has 0 aliphatic rings. The van der Waals surface area contributed by atoms with Gasteiger partial charge in [-0.1, -0.05) is 19.1 Å². The summed E-state index contributed by atoms with van der Waals surface area (Å²) in [6.45, 7) is 6.25. The molecule has 1 aromatic heterocycles. The van der Waals surface area contributed by atoms with Crippen molar-refractivity contribution in [1.29, 1.82) is 0 Å². The van der Waals surface area contributed by atoms with Crippen molar-refractivity contribution in [1.82, 2.24) is 9.55 Å². The molecule has 0 aliphatic heterocycles. The monoisotopic (exact) mass is 296 g/mol. The van der Waals surface area contributed by atoms with Crippen LogP contribution in [-0.4, -0.2) is 21.0 Å². The number of hydrogen-bond donors (Lipinski definition) is 2. The molecule has 6 heteroatoms. The lowest BCUT2D eigenvalue weighted by molar-refractivity contribution is -0.120. The average Bonchev–Trinajstić information content (AvgIpc) is 2.67. The second kappa shape index (κ2) is 6.24. The van der Waals surface area contributed by atoms with Gasteiger partial charge in [-0.15, -0.1) is 12.4 Å². The summed E-state index contributed by atoms with van der Waals surface area (Å²) < 4.78 is 2.01. The van der Waals surface area contributed by atoms with Crippen molar-refractivity contribution in [2.24, 2.45) is 5.73 Å². The molecule has 0 saturated heterocycles. The van der Waals surface area contributed by atoms with Gasteiger partial charge in [-0.05, 0) is 32.4 Å². The Morgan fingerprint density at radius 2 is 2.05 bits per heavy atom. The van der Waals surface area contributed by atoms with Crippen molar-refractivity contribution < 1.29 is 4.79 Å². The molecule has 3 N–H and O–H groups in total. The van der Waals surface area contributed by atoms with Crippen LogP contribution in [0.5, 0.6) is 0 Å². The van der Waals surface area contributed by atoms with E-state index < -0.39 is 5.54 Å². The number of aryl methyl sites for hydroxylation is 1. The highest BCUT2D eigenvalue weighted by Crippen LogP contribution is 2.20. The van der Waals surface area contributed by atoms with Crippen LogP contribution in [0.2, 0.25) is 0 Å². The van der Waals surface area contributed by atoms with Gasteiger partial charge in [0.15, 0.2) is 0 Å². The maximum Gasteiger partial charge on any atom is 0.246 e. The molecule has 110 valence electrons. The number of benzene rings is 1. The van der Waals surface area contributed by atoms with E-state index >= 15 is 0 Å². The van der Waals surface area contributed by atoms with Crippen LogP contribution in [0, 0.1) is 0 Å². The van der Waals surface area contributed by atoms with Crippen LogP contribution >= 0.6 is 12.4 Å². The lowest BCUT2D eigenvalue weighted by Gasteiger charge is -2.18. The summed E-state index contributed by atoms with van der Waals surface area (Å²) in [6, 6.07) is 7.84. The molecular formula is C14H21ClN4O. The summed E-state index contributed by atoms with van der Waals surface area (Å²) in [5, 5.41) is 2.81. The standard InChI is InChI=1S/C14H20N4O.ClH/c1-4-9-18-11-8-6-5-7-10(11)16-13(18)17-12(19)14(2,3)15;/h5-8H,4,9,15H2,1-3H3,(H,16,17,19);1H. The Hall–Kier alpha value is -1.59. The summed E-state index contributed by atoms with van der Waals surface area (Å²) in [7, 11) is 0. The van der Waals surface area contributed by atoms with Gasteiger partial charge in [0.2, 0.25) is 11.9 Å². The zero-order valence-corrected chi connectivity index (χ0v) is 12.8. The number of imidazole rings is 1. The summed E-state index contributed by atoms with van der Waals surface area (Å²) in [6.07, 6.45) is 0.968. The number of nitrogens with one attached hydrogen (secondary N) is 1. The zero-order valence-electron chi connectivity index (χ0n) is 12.0. The number of carbonyl (C=O) groups excluding carboxylic acids is 1. The van der Waals surface area contributed by atoms with Gasteiger partial charge in [0.05, 0.1) is 16.6 Å². The predicted octanol–water partition coefficient (Wildman–Crippen LogP) is 2.54. The van der Waals surface area contributed by atoms with Gasteiger partial charge >= 0.3 is 0 Å². The van der Waals surface area contributed by atoms with Crippen LogP contribution in [0.4, 0.5) is 5.95 Å². The summed E-state index contributed by atoms with van der Waals surface area (Å²) in [4.78, 5) is 16.4. The van der Waals surface area contributed by atoms with Crippen LogP contribution in [0.3, 0.4) is 0 Å². The molecule has 20 heavy (non-hydrogen) atoms. The molecular weight excluding hydrogens is 276 g/mol. The van der Waals surface area contributed by atoms with Gasteiger partial charge in [-0.25, -0.2) is 4.98 Å². The summed E-state index contributed by atoms with van der Waals surface area (Å²) in [5.41, 5.74) is 6.77. The highest BCUT2D eigenvalue weighted by Gasteiger charge is 2.24. The van der Waals surface area contributed by atoms with Crippen LogP contribution in [-0.2, 0) is 11.3 Å². The van der Waals surface area contributed by atoms with Gasteiger partial charge < -0.3 is 10.3 Å². The van der Waals surface area contributed by atoms with Crippen LogP contribution in [0.25, 0.3) is 11.0 Å². The number of nitrogens with zero attached hydrogens (tertiary/aromatic N) is 2. The second-order valence-corrected chi connectivity index (χ2v) is 5.25. The lowest BCUT2D eigenvalue weighted by Crippen LogP contribution is -2.45. The number of carbonyl (C=O) groups is 1. The maximum absolute atomic E-state index is 12.0. The number of fused-ring (bicyclic) bond motifs is 1. The predicted molar refractivity (Wildman–Crippen MR) is 84.2 cm³/mol. The third-order valence-electron chi connectivity index (χ3n) is 2.91. The number of hydrogen-bond acceptors (Lipinski definition) is 3. The van der Waals surface area contributed by atoms with Crippen molar-refractivity contribution in [2.45, 2.75) is 39.3 Å². The number of para-hydroxylation sites is 2. The first kappa shape index (κ1) is 16.5. The van der Waals surface area contributed by atoms with Crippen LogP contribution in [0.15, 0.2) is 24.3 Å². The highest BCUT2D eigenvalue weighted by atomic mass is 35.5. The Kier molecular flexibility index (Phi) is 5.14. The maximum atomic E-state index is 12.0. The molecule has 0 saturated carbocycles. The third kappa shape index (κ3) is 3.29. The van der Waals surface area contributed by atoms with E-state index in [0.29, 0.717) is 5.95 Å². The third-order valence-corrected chi connectivity index (χ3v) is 2.91. The molecule has 5 nitrogen and oxygen atoms in total. The van der Waals surface area contributed by atoms with Gasteiger partial charge in [0, 0.05) is 6.54 Å². The minimum atomic E-state index is -0.921. The summed E-state index contributed by atoms with van der Waals surface area (Å²) >= 11 is 0. The molecule has 0 spiro atoms. The number of amides is 1. The molecule has 0 fully saturated rings. The van der Waals surface area contributed by atoms with E-state index in [4.69, 9.17) is 5.73 Å². The number of anilines is 1. The van der Waals surface area contributed by atoms with E-state index in [0.717, 1.165) is 24.0 Å². The number of rotatable bonds is 4. The van der Waals surface area contributed by atoms with Crippen molar-refractivity contribution in [2.75, 3.05) is 5.32 Å². The first-order valence-electron chi connectivity index (χ1n) is 6.49. The molecule has 1 aromatic carbocycles. The molecule has 1 heterocycles. The molecule has 2 aromatic rings. The Balaban J connectivity index is 0.00000200. The Morgan fingerprint density at radius 1 is 1.40 bits per heavy atom. The Morgan fingerprint density at radius 3 is 2.65 bits per heavy atom. The number of nitrogens with two attached hydrogens (primary N) is 1. The van der Waals surface area contributed by atoms with Gasteiger partial charge in [-0.3, -0.25) is 10.1 Å². The van der Waals surface area contributed by atoms with Crippen LogP contribution in [0.1, 0.15) is 27.2 Å². The van der Waals surface area contributed by atoms with Gasteiger partial charge in [0.25, 0.3) is 0 Å². The topological polar surface area (TPSA) is 72.9 Å². The van der Waals surface area contributed by atoms with Gasteiger partial charge in [-0.2, -0.15) is 0 Å². The van der Waals surface area contributed by atoms with Gasteiger partial charge in [0.1, 0.15) is 0 Å². The molecule has 0 unspecified atom stereocenters. The minimum Gasteiger partial charge on any atom is -0.318 e. The SMILES string of the molecule is CCCn1c(NC(=O)C(C)(C)N)nc2ccccc21.Cl. The molecule has 0 bridgehead atoms. The second-order valence-electron chi connectivity index (χ2n) is 5.25. The normalized spacial score (nSPS) is 11.2. The molecule has 1 amide bonds. The van der Waals surface area contributed by atoms with E-state index in [9.17, 15) is 4.79 Å². The minimum absolute atomic E-state index is 0. The Bertz CT molecular complexity index is 601. The largest absolute Gasteiger partial charge is 0.318 e. The molecule has 0 atom stereocenters. The molecule has 0 radical (unpaired) electrons. The number of halogens is 1. The zero-order chi connectivity index (χ0) is 14.0. The van der Waals surface area contributed by atoms with Crippen LogP contribution < -0.4 is 11.1 Å². The lowest BCUT2D eigenvalue weighted by atomic mass is 10.1. The van der Waals surface area contributed by atoms with E-state index in [1.807, 2.05) is 28.8 Å². The molecule has 2 rings (SSSR count). The summed E-state index contributed by atoms with van der Waals surface area (Å²) in [5.74, 6) is 0.326. The number of aromatic nitrogens is 2. The fraction of sp³-hybridized carbons (Fsp3) is 0.429. The fourth-order valence-corrected chi connectivity index (χ4v) is 1.88. The first-order chi connectivity index (χ1) is 8.93. The average molecular weight is 297 g/mol. The van der Waals surface area contributed by atoms with E-state index in [-0.39, 0.29) is 18.3 Å². The fourth-order valence-electron chi connectivity index (χ4n) is 1.88. The van der Waals surface area contributed by atoms with Crippen molar-refractivity contribution >= 4 is 35.3 Å². The van der Waals surface area contributed by atoms with Crippen molar-refractivity contribution in [3.8, 4) is 0 Å². The van der Waals surface area contributed by atoms with E-state index in [2.05, 4.69) is 17.2 Å². The Labute approximate surface area is 125 Å². The van der Waals surface area contributed by atoms with Crippen molar-refractivity contribution in [3.05, 3.63) is 24.3 Å². The first-order valence-corrected chi connectivity index (χ1v) is 6.49.